The van der Waals surface area contributed by atoms with Gasteiger partial charge in [0.15, 0.2) is 11.1 Å². The zero-order chi connectivity index (χ0) is 22.9. The van der Waals surface area contributed by atoms with E-state index in [0.717, 1.165) is 11.1 Å². The first-order valence-electron chi connectivity index (χ1n) is 9.89. The number of carboxylic acids is 1. The highest BCUT2D eigenvalue weighted by molar-refractivity contribution is 5.78. The lowest BCUT2D eigenvalue weighted by Gasteiger charge is -2.22. The summed E-state index contributed by atoms with van der Waals surface area (Å²) in [6.07, 6.45) is 0. The lowest BCUT2D eigenvalue weighted by atomic mass is 10.0. The molecule has 0 aliphatic carbocycles. The van der Waals surface area contributed by atoms with Crippen LogP contribution in [-0.2, 0) is 4.79 Å². The lowest BCUT2D eigenvalue weighted by Crippen LogP contribution is -2.37. The highest BCUT2D eigenvalue weighted by Gasteiger charge is 2.29. The minimum atomic E-state index is -1.36. The van der Waals surface area contributed by atoms with Crippen molar-refractivity contribution < 1.29 is 19.4 Å². The number of nitrogens with one attached hydrogen (secondary N) is 2. The molecule has 0 atom stereocenters. The zero-order valence-electron chi connectivity index (χ0n) is 17.7. The molecule has 0 fully saturated rings. The van der Waals surface area contributed by atoms with Crippen LogP contribution in [0.2, 0.25) is 0 Å². The summed E-state index contributed by atoms with van der Waals surface area (Å²) in [4.78, 5) is 30.7. The molecule has 10 heteroatoms. The van der Waals surface area contributed by atoms with Crippen LogP contribution in [0, 0.1) is 0 Å². The van der Waals surface area contributed by atoms with Gasteiger partial charge in [0, 0.05) is 0 Å². The van der Waals surface area contributed by atoms with Gasteiger partial charge in [0.2, 0.25) is 5.65 Å². The number of nitrogens with zero attached hydrogens (tertiary/aromatic N) is 3. The molecule has 0 aliphatic heterocycles. The van der Waals surface area contributed by atoms with Crippen molar-refractivity contribution in [2.45, 2.75) is 26.4 Å². The van der Waals surface area contributed by atoms with Crippen molar-refractivity contribution in [3.05, 3.63) is 52.8 Å². The predicted octanol–water partition coefficient (Wildman–Crippen LogP) is 3.02. The number of rotatable bonds is 7. The number of carbonyl (C=O) groups is 1. The van der Waals surface area contributed by atoms with E-state index in [1.54, 1.807) is 24.3 Å². The van der Waals surface area contributed by atoms with E-state index in [-0.39, 0.29) is 11.2 Å². The number of aliphatic carboxylic acids is 1. The molecule has 0 spiro atoms. The van der Waals surface area contributed by atoms with E-state index in [4.69, 9.17) is 9.47 Å². The van der Waals surface area contributed by atoms with Gasteiger partial charge >= 0.3 is 5.97 Å². The molecular formula is C22H21N5O5. The Balaban J connectivity index is 1.74. The van der Waals surface area contributed by atoms with Crippen LogP contribution in [0.4, 0.5) is 0 Å². The van der Waals surface area contributed by atoms with E-state index in [1.807, 2.05) is 25.1 Å². The van der Waals surface area contributed by atoms with Gasteiger partial charge in [-0.25, -0.2) is 9.78 Å². The monoisotopic (exact) mass is 435 g/mol. The number of benzene rings is 2. The summed E-state index contributed by atoms with van der Waals surface area (Å²) in [6, 6.07) is 12.6. The molecule has 10 nitrogen and oxygen atoms in total. The van der Waals surface area contributed by atoms with Crippen LogP contribution in [0.25, 0.3) is 33.7 Å². The van der Waals surface area contributed by atoms with Gasteiger partial charge in [0.1, 0.15) is 17.3 Å². The second kappa shape index (κ2) is 8.14. The summed E-state index contributed by atoms with van der Waals surface area (Å²) in [5, 5.41) is 19.4. The highest BCUT2D eigenvalue weighted by atomic mass is 16.5. The molecular weight excluding hydrogens is 414 g/mol. The van der Waals surface area contributed by atoms with E-state index in [2.05, 4.69) is 25.4 Å². The Morgan fingerprint density at radius 2 is 1.91 bits per heavy atom. The third-order valence-electron chi connectivity index (χ3n) is 4.79. The average Bonchev–Trinajstić information content (AvgIpc) is 3.23. The van der Waals surface area contributed by atoms with Gasteiger partial charge in [-0.3, -0.25) is 4.79 Å². The maximum absolute atomic E-state index is 12.3. The second-order valence-corrected chi connectivity index (χ2v) is 7.50. The number of ether oxygens (including phenoxy) is 2. The van der Waals surface area contributed by atoms with Crippen molar-refractivity contribution in [3.63, 3.8) is 0 Å². The number of aromatic nitrogens is 5. The predicted molar refractivity (Wildman–Crippen MR) is 117 cm³/mol. The molecule has 32 heavy (non-hydrogen) atoms. The molecule has 0 bridgehead atoms. The Morgan fingerprint density at radius 1 is 1.12 bits per heavy atom. The van der Waals surface area contributed by atoms with Crippen LogP contribution in [0.15, 0.2) is 47.3 Å². The summed E-state index contributed by atoms with van der Waals surface area (Å²) >= 11 is 0. The van der Waals surface area contributed by atoms with Crippen LogP contribution in [-0.4, -0.2) is 48.7 Å². The van der Waals surface area contributed by atoms with E-state index in [0.29, 0.717) is 29.5 Å². The summed E-state index contributed by atoms with van der Waals surface area (Å²) in [5.74, 6) is 0.204. The normalized spacial score (nSPS) is 11.5. The van der Waals surface area contributed by atoms with Crippen LogP contribution in [0.1, 0.15) is 20.8 Å². The Bertz CT molecular complexity index is 1360. The zero-order valence-corrected chi connectivity index (χ0v) is 17.7. The Labute approximate surface area is 182 Å². The van der Waals surface area contributed by atoms with E-state index >= 15 is 0 Å². The van der Waals surface area contributed by atoms with Gasteiger partial charge in [-0.05, 0) is 56.2 Å². The van der Waals surface area contributed by atoms with Gasteiger partial charge in [-0.1, -0.05) is 18.2 Å². The lowest BCUT2D eigenvalue weighted by molar-refractivity contribution is -0.152. The molecule has 0 saturated heterocycles. The number of fused-ring (bicyclic) bond motifs is 1. The second-order valence-electron chi connectivity index (χ2n) is 7.50. The maximum atomic E-state index is 12.3. The topological polar surface area (TPSA) is 143 Å². The first kappa shape index (κ1) is 21.0. The molecule has 0 unspecified atom stereocenters. The Kier molecular flexibility index (Phi) is 5.35. The fourth-order valence-electron chi connectivity index (χ4n) is 3.13. The molecule has 0 amide bonds. The summed E-state index contributed by atoms with van der Waals surface area (Å²) < 4.78 is 11.5. The minimum Gasteiger partial charge on any atom is -0.493 e. The number of hydrogen-bond donors (Lipinski definition) is 3. The summed E-state index contributed by atoms with van der Waals surface area (Å²) in [5.41, 5.74) is 0.792. The molecule has 0 radical (unpaired) electrons. The number of carboxylic acid groups (broad SMARTS) is 1. The van der Waals surface area contributed by atoms with Crippen LogP contribution in [0.3, 0.4) is 0 Å². The molecule has 2 aromatic carbocycles. The van der Waals surface area contributed by atoms with Gasteiger partial charge in [0.25, 0.3) is 5.56 Å². The average molecular weight is 435 g/mol. The van der Waals surface area contributed by atoms with Gasteiger partial charge < -0.3 is 19.6 Å². The molecule has 2 aromatic heterocycles. The maximum Gasteiger partial charge on any atom is 0.347 e. The van der Waals surface area contributed by atoms with Gasteiger partial charge in [0.05, 0.1) is 12.2 Å². The molecule has 4 aromatic rings. The van der Waals surface area contributed by atoms with Crippen molar-refractivity contribution >= 4 is 17.1 Å². The van der Waals surface area contributed by atoms with E-state index < -0.39 is 17.1 Å². The van der Waals surface area contributed by atoms with Crippen molar-refractivity contribution in [2.75, 3.05) is 6.61 Å². The standard InChI is InChI=1S/C22H21N5O5/c1-4-31-16-11-13(12-6-5-7-14(10-12)32-22(2,3)21(29)30)8-9-15(16)18-23-19-17(20(28)24-18)25-27-26-19/h5-11H,4H2,1-3H3,(H,29,30)(H2,23,24,25,26,27,28). The van der Waals surface area contributed by atoms with Crippen molar-refractivity contribution in [3.8, 4) is 34.0 Å². The van der Waals surface area contributed by atoms with E-state index in [9.17, 15) is 14.7 Å². The SMILES string of the molecule is CCOc1cc(-c2cccc(OC(C)(C)C(=O)O)c2)ccc1-c1nc2n[nH]nc2c(=O)[nH]1. The number of hydrogen-bond acceptors (Lipinski definition) is 7. The van der Waals surface area contributed by atoms with Crippen molar-refractivity contribution in [2.24, 2.45) is 0 Å². The largest absolute Gasteiger partial charge is 0.493 e. The molecule has 0 aliphatic rings. The fourth-order valence-corrected chi connectivity index (χ4v) is 3.13. The Hall–Kier alpha value is -4.21. The third-order valence-corrected chi connectivity index (χ3v) is 4.79. The van der Waals surface area contributed by atoms with Crippen LogP contribution in [0.5, 0.6) is 11.5 Å². The first-order valence-corrected chi connectivity index (χ1v) is 9.89. The van der Waals surface area contributed by atoms with Gasteiger partial charge in [-0.2, -0.15) is 5.21 Å². The molecule has 164 valence electrons. The smallest absolute Gasteiger partial charge is 0.347 e. The number of H-pyrrole nitrogens is 2. The quantitative estimate of drug-likeness (QED) is 0.402. The van der Waals surface area contributed by atoms with Crippen LogP contribution < -0.4 is 15.0 Å². The van der Waals surface area contributed by atoms with Crippen LogP contribution >= 0.6 is 0 Å². The molecule has 2 heterocycles. The molecule has 4 rings (SSSR count). The first-order chi connectivity index (χ1) is 15.3. The summed E-state index contributed by atoms with van der Waals surface area (Å²) in [7, 11) is 0. The van der Waals surface area contributed by atoms with Crippen molar-refractivity contribution in [1.29, 1.82) is 0 Å². The third kappa shape index (κ3) is 4.02. The highest BCUT2D eigenvalue weighted by Crippen LogP contribution is 2.34. The molecule has 0 saturated carbocycles. The number of aromatic amines is 2. The van der Waals surface area contributed by atoms with E-state index in [1.165, 1.54) is 13.8 Å². The molecule has 3 N–H and O–H groups in total. The minimum absolute atomic E-state index is 0.129. The van der Waals surface area contributed by atoms with Gasteiger partial charge in [-0.15, -0.1) is 10.2 Å². The van der Waals surface area contributed by atoms with Crippen molar-refractivity contribution in [1.82, 2.24) is 25.4 Å². The fraction of sp³-hybridized carbons (Fsp3) is 0.227. The summed E-state index contributed by atoms with van der Waals surface area (Å²) in [6.45, 7) is 5.24. The Morgan fingerprint density at radius 3 is 2.66 bits per heavy atom.